The number of carbonyl (C=O) groups is 2. The first-order chi connectivity index (χ1) is 17.9. The maximum Gasteiger partial charge on any atom is 0.322 e. The van der Waals surface area contributed by atoms with Crippen LogP contribution in [-0.2, 0) is 11.2 Å². The molecule has 194 valence electrons. The molecule has 1 unspecified atom stereocenters. The van der Waals surface area contributed by atoms with E-state index in [0.717, 1.165) is 41.8 Å². The molecule has 1 aromatic heterocycles. The first-order valence-electron chi connectivity index (χ1n) is 13.1. The number of carbonyl (C=O) groups excluding carboxylic acids is 2. The van der Waals surface area contributed by atoms with Gasteiger partial charge in [0, 0.05) is 23.2 Å². The number of thiophene rings is 1. The molecule has 3 amide bonds. The van der Waals surface area contributed by atoms with Gasteiger partial charge in [-0.25, -0.2) is 4.79 Å². The Hall–Kier alpha value is -3.32. The van der Waals surface area contributed by atoms with E-state index < -0.39 is 0 Å². The molecule has 1 fully saturated rings. The monoisotopic (exact) mass is 517 g/mol. The van der Waals surface area contributed by atoms with Gasteiger partial charge in [-0.15, -0.1) is 11.3 Å². The van der Waals surface area contributed by atoms with Crippen LogP contribution in [0.4, 0.5) is 10.5 Å². The Morgan fingerprint density at radius 1 is 1.08 bits per heavy atom. The number of hydrogen-bond acceptors (Lipinski definition) is 4. The fourth-order valence-electron chi connectivity index (χ4n) is 4.82. The third kappa shape index (κ3) is 5.99. The first kappa shape index (κ1) is 25.3. The molecule has 0 radical (unpaired) electrons. The normalized spacial score (nSPS) is 16.9. The second kappa shape index (κ2) is 11.0. The second-order valence-corrected chi connectivity index (χ2v) is 11.3. The minimum atomic E-state index is -0.217. The van der Waals surface area contributed by atoms with Crippen molar-refractivity contribution in [3.63, 3.8) is 0 Å². The molecule has 1 aliphatic heterocycles. The van der Waals surface area contributed by atoms with E-state index in [1.165, 1.54) is 10.4 Å². The zero-order chi connectivity index (χ0) is 25.9. The Labute approximate surface area is 223 Å². The van der Waals surface area contributed by atoms with Gasteiger partial charge in [0.1, 0.15) is 18.9 Å². The third-order valence-electron chi connectivity index (χ3n) is 7.23. The summed E-state index contributed by atoms with van der Waals surface area (Å²) in [4.78, 5) is 31.7. The summed E-state index contributed by atoms with van der Waals surface area (Å²) in [6.45, 7) is 7.44. The van der Waals surface area contributed by atoms with Crippen LogP contribution in [0.5, 0.6) is 5.75 Å². The number of anilines is 1. The standard InChI is InChI=1S/C30H35N3O3S/c1-20(2)22-6-12-25(13-7-22)36-19-27-26-15-17-37-28(26)14-16-32(27)29(34)18-33(24-10-11-24)30(35)31-23-8-4-21(3)5-9-23/h4-9,12-13,15,17,20,24,27H,10-11,14,16,18-19H2,1-3H3,(H,31,35). The summed E-state index contributed by atoms with van der Waals surface area (Å²) in [6.07, 6.45) is 2.70. The maximum atomic E-state index is 13.7. The highest BCUT2D eigenvalue weighted by molar-refractivity contribution is 7.10. The van der Waals surface area contributed by atoms with E-state index in [1.54, 1.807) is 16.2 Å². The predicted molar refractivity (Wildman–Crippen MR) is 148 cm³/mol. The number of hydrogen-bond donors (Lipinski definition) is 1. The second-order valence-electron chi connectivity index (χ2n) is 10.3. The van der Waals surface area contributed by atoms with Gasteiger partial charge in [-0.05, 0) is 78.9 Å². The number of amides is 3. The molecule has 1 N–H and O–H groups in total. The highest BCUT2D eigenvalue weighted by Crippen LogP contribution is 2.35. The van der Waals surface area contributed by atoms with Gasteiger partial charge in [0.05, 0.1) is 6.04 Å². The van der Waals surface area contributed by atoms with E-state index in [4.69, 9.17) is 4.74 Å². The first-order valence-corrected chi connectivity index (χ1v) is 14.0. The molecule has 0 bridgehead atoms. The smallest absolute Gasteiger partial charge is 0.322 e. The molecule has 2 aliphatic rings. The minimum absolute atomic E-state index is 0.0356. The van der Waals surface area contributed by atoms with Crippen LogP contribution in [0.25, 0.3) is 0 Å². The van der Waals surface area contributed by atoms with Crippen LogP contribution in [0.3, 0.4) is 0 Å². The Morgan fingerprint density at radius 2 is 1.81 bits per heavy atom. The van der Waals surface area contributed by atoms with Gasteiger partial charge in [0.25, 0.3) is 0 Å². The summed E-state index contributed by atoms with van der Waals surface area (Å²) in [6, 6.07) is 17.8. The SMILES string of the molecule is Cc1ccc(NC(=O)N(CC(=O)N2CCc3sccc3C2COc2ccc(C(C)C)cc2)C2CC2)cc1. The molecule has 7 heteroatoms. The molecule has 1 atom stereocenters. The summed E-state index contributed by atoms with van der Waals surface area (Å²) in [5.74, 6) is 1.23. The molecule has 3 aromatic rings. The molecular formula is C30H35N3O3S. The van der Waals surface area contributed by atoms with Crippen molar-refractivity contribution in [2.75, 3.05) is 25.0 Å². The van der Waals surface area contributed by atoms with Crippen molar-refractivity contribution in [3.8, 4) is 5.75 Å². The lowest BCUT2D eigenvalue weighted by Gasteiger charge is -2.37. The Kier molecular flexibility index (Phi) is 7.51. The van der Waals surface area contributed by atoms with Crippen molar-refractivity contribution < 1.29 is 14.3 Å². The lowest BCUT2D eigenvalue weighted by molar-refractivity contribution is -0.135. The average molecular weight is 518 g/mol. The van der Waals surface area contributed by atoms with E-state index in [0.29, 0.717) is 19.1 Å². The van der Waals surface area contributed by atoms with E-state index in [2.05, 4.69) is 42.7 Å². The summed E-state index contributed by atoms with van der Waals surface area (Å²) in [5.41, 5.74) is 4.30. The Bertz CT molecular complexity index is 1230. The summed E-state index contributed by atoms with van der Waals surface area (Å²) in [5, 5.41) is 5.07. The number of urea groups is 1. The molecule has 5 rings (SSSR count). The molecule has 1 saturated carbocycles. The van der Waals surface area contributed by atoms with E-state index >= 15 is 0 Å². The number of rotatable bonds is 8. The van der Waals surface area contributed by atoms with Crippen LogP contribution in [0.2, 0.25) is 0 Å². The fraction of sp³-hybridized carbons (Fsp3) is 0.400. The van der Waals surface area contributed by atoms with Crippen molar-refractivity contribution in [1.29, 1.82) is 0 Å². The maximum absolute atomic E-state index is 13.7. The van der Waals surface area contributed by atoms with Gasteiger partial charge in [-0.3, -0.25) is 4.79 Å². The molecule has 2 heterocycles. The van der Waals surface area contributed by atoms with Crippen LogP contribution in [0.15, 0.2) is 60.0 Å². The van der Waals surface area contributed by atoms with Crippen LogP contribution < -0.4 is 10.1 Å². The number of aryl methyl sites for hydroxylation is 1. The Morgan fingerprint density at radius 3 is 2.49 bits per heavy atom. The van der Waals surface area contributed by atoms with E-state index in [-0.39, 0.29) is 30.6 Å². The van der Waals surface area contributed by atoms with Crippen molar-refractivity contribution in [2.24, 2.45) is 0 Å². The molecule has 37 heavy (non-hydrogen) atoms. The third-order valence-corrected chi connectivity index (χ3v) is 8.22. The Balaban J connectivity index is 1.28. The van der Waals surface area contributed by atoms with E-state index in [9.17, 15) is 9.59 Å². The van der Waals surface area contributed by atoms with Gasteiger partial charge in [-0.2, -0.15) is 0 Å². The lowest BCUT2D eigenvalue weighted by atomic mass is 10.00. The number of nitrogens with one attached hydrogen (secondary N) is 1. The van der Waals surface area contributed by atoms with Crippen molar-refractivity contribution in [3.05, 3.63) is 81.5 Å². The van der Waals surface area contributed by atoms with Gasteiger partial charge in [0.2, 0.25) is 5.91 Å². The van der Waals surface area contributed by atoms with Crippen LogP contribution >= 0.6 is 11.3 Å². The van der Waals surface area contributed by atoms with Crippen LogP contribution in [0, 0.1) is 6.92 Å². The lowest BCUT2D eigenvalue weighted by Crippen LogP contribution is -2.49. The minimum Gasteiger partial charge on any atom is -0.491 e. The van der Waals surface area contributed by atoms with Gasteiger partial charge in [0.15, 0.2) is 0 Å². The zero-order valence-corrected chi connectivity index (χ0v) is 22.6. The fourth-order valence-corrected chi connectivity index (χ4v) is 5.75. The number of ether oxygens (including phenoxy) is 1. The van der Waals surface area contributed by atoms with Crippen molar-refractivity contribution in [1.82, 2.24) is 9.80 Å². The molecule has 1 aliphatic carbocycles. The van der Waals surface area contributed by atoms with Crippen LogP contribution in [-0.4, -0.2) is 47.5 Å². The summed E-state index contributed by atoms with van der Waals surface area (Å²) >= 11 is 1.74. The van der Waals surface area contributed by atoms with Crippen molar-refractivity contribution in [2.45, 2.75) is 58.0 Å². The van der Waals surface area contributed by atoms with Crippen molar-refractivity contribution >= 4 is 29.0 Å². The molecule has 6 nitrogen and oxygen atoms in total. The summed E-state index contributed by atoms with van der Waals surface area (Å²) in [7, 11) is 0. The predicted octanol–water partition coefficient (Wildman–Crippen LogP) is 6.38. The number of fused-ring (bicyclic) bond motifs is 1. The molecule has 2 aromatic carbocycles. The van der Waals surface area contributed by atoms with Gasteiger partial charge >= 0.3 is 6.03 Å². The molecule has 0 spiro atoms. The summed E-state index contributed by atoms with van der Waals surface area (Å²) < 4.78 is 6.21. The zero-order valence-electron chi connectivity index (χ0n) is 21.8. The highest BCUT2D eigenvalue weighted by atomic mass is 32.1. The van der Waals surface area contributed by atoms with Gasteiger partial charge < -0.3 is 19.9 Å². The van der Waals surface area contributed by atoms with Gasteiger partial charge in [-0.1, -0.05) is 43.7 Å². The van der Waals surface area contributed by atoms with Crippen LogP contribution in [0.1, 0.15) is 60.2 Å². The number of benzene rings is 2. The molecular weight excluding hydrogens is 482 g/mol. The number of nitrogens with zero attached hydrogens (tertiary/aromatic N) is 2. The van der Waals surface area contributed by atoms with E-state index in [1.807, 2.05) is 48.2 Å². The quantitative estimate of drug-likeness (QED) is 0.377. The average Bonchev–Trinajstić information content (AvgIpc) is 3.62. The molecule has 0 saturated heterocycles. The highest BCUT2D eigenvalue weighted by Gasteiger charge is 2.38. The topological polar surface area (TPSA) is 61.9 Å². The largest absolute Gasteiger partial charge is 0.491 e.